The van der Waals surface area contributed by atoms with E-state index in [1.165, 1.54) is 61.3 Å². The number of imidazole rings is 1. The molecule has 0 atom stereocenters. The smallest absolute Gasteiger partial charge is 0.194 e. The van der Waals surface area contributed by atoms with Crippen molar-refractivity contribution in [1.29, 1.82) is 0 Å². The standard InChI is InChI=1S/C15H20N2S/c1-15(2)9-5-7-11-13(15)16-14-17(11)10-6-3-4-8-12(10)18-14/h3-9H2,1-2H3. The molecule has 3 heteroatoms. The van der Waals surface area contributed by atoms with Crippen LogP contribution in [0.3, 0.4) is 0 Å². The zero-order valence-electron chi connectivity index (χ0n) is 11.3. The number of hydrogen-bond donors (Lipinski definition) is 0. The highest BCUT2D eigenvalue weighted by Crippen LogP contribution is 2.40. The molecule has 96 valence electrons. The number of rotatable bonds is 0. The lowest BCUT2D eigenvalue weighted by Crippen LogP contribution is -2.24. The third-order valence-electron chi connectivity index (χ3n) is 4.67. The molecule has 0 amide bonds. The number of hydrogen-bond acceptors (Lipinski definition) is 2. The summed E-state index contributed by atoms with van der Waals surface area (Å²) in [6.07, 6.45) is 9.09. The van der Waals surface area contributed by atoms with Crippen molar-refractivity contribution >= 4 is 16.3 Å². The first-order valence-corrected chi connectivity index (χ1v) is 8.01. The maximum atomic E-state index is 4.99. The molecule has 0 unspecified atom stereocenters. The predicted octanol–water partition coefficient (Wildman–Crippen LogP) is 3.89. The van der Waals surface area contributed by atoms with Crippen LogP contribution in [0, 0.1) is 0 Å². The van der Waals surface area contributed by atoms with Crippen LogP contribution in [0.25, 0.3) is 4.96 Å². The first kappa shape index (κ1) is 11.0. The molecule has 0 fully saturated rings. The molecular weight excluding hydrogens is 240 g/mol. The Balaban J connectivity index is 2.01. The van der Waals surface area contributed by atoms with Crippen LogP contribution in [0.2, 0.25) is 0 Å². The van der Waals surface area contributed by atoms with Gasteiger partial charge < -0.3 is 0 Å². The van der Waals surface area contributed by atoms with Crippen LogP contribution in [0.4, 0.5) is 0 Å². The highest BCUT2D eigenvalue weighted by atomic mass is 32.1. The van der Waals surface area contributed by atoms with E-state index >= 15 is 0 Å². The van der Waals surface area contributed by atoms with Gasteiger partial charge in [0.15, 0.2) is 4.96 Å². The summed E-state index contributed by atoms with van der Waals surface area (Å²) in [4.78, 5) is 7.86. The monoisotopic (exact) mass is 260 g/mol. The fraction of sp³-hybridized carbons (Fsp3) is 0.667. The topological polar surface area (TPSA) is 17.3 Å². The lowest BCUT2D eigenvalue weighted by atomic mass is 9.78. The van der Waals surface area contributed by atoms with Crippen LogP contribution < -0.4 is 0 Å². The van der Waals surface area contributed by atoms with E-state index in [0.717, 1.165) is 0 Å². The Kier molecular flexibility index (Phi) is 2.20. The largest absolute Gasteiger partial charge is 0.291 e. The number of aromatic nitrogens is 2. The van der Waals surface area contributed by atoms with Crippen molar-refractivity contribution in [2.75, 3.05) is 0 Å². The van der Waals surface area contributed by atoms with Crippen molar-refractivity contribution in [2.45, 2.75) is 64.2 Å². The van der Waals surface area contributed by atoms with Gasteiger partial charge in [-0.15, -0.1) is 11.3 Å². The van der Waals surface area contributed by atoms with Gasteiger partial charge in [-0.2, -0.15) is 0 Å². The highest BCUT2D eigenvalue weighted by molar-refractivity contribution is 7.17. The van der Waals surface area contributed by atoms with Gasteiger partial charge in [0, 0.05) is 21.7 Å². The Morgan fingerprint density at radius 3 is 2.72 bits per heavy atom. The Hall–Kier alpha value is -0.830. The molecule has 2 nitrogen and oxygen atoms in total. The molecule has 18 heavy (non-hydrogen) atoms. The SMILES string of the molecule is CC1(C)CCCc2c1nc1sc3c(n21)CCCC3. The Morgan fingerprint density at radius 1 is 1.06 bits per heavy atom. The van der Waals surface area contributed by atoms with E-state index in [1.807, 2.05) is 11.3 Å². The molecular formula is C15H20N2S. The summed E-state index contributed by atoms with van der Waals surface area (Å²) in [6, 6.07) is 0. The maximum absolute atomic E-state index is 4.99. The molecule has 2 aromatic rings. The molecule has 2 aromatic heterocycles. The molecule has 0 bridgehead atoms. The molecule has 2 heterocycles. The van der Waals surface area contributed by atoms with Gasteiger partial charge in [0.25, 0.3) is 0 Å². The summed E-state index contributed by atoms with van der Waals surface area (Å²) in [7, 11) is 0. The van der Waals surface area contributed by atoms with Gasteiger partial charge in [-0.3, -0.25) is 4.40 Å². The quantitative estimate of drug-likeness (QED) is 0.702. The first-order valence-electron chi connectivity index (χ1n) is 7.19. The molecule has 4 rings (SSSR count). The third kappa shape index (κ3) is 1.37. The van der Waals surface area contributed by atoms with Crippen LogP contribution in [-0.4, -0.2) is 9.38 Å². The van der Waals surface area contributed by atoms with Crippen LogP contribution in [0.1, 0.15) is 61.5 Å². The van der Waals surface area contributed by atoms with E-state index in [0.29, 0.717) is 0 Å². The lowest BCUT2D eigenvalue weighted by Gasteiger charge is -2.28. The first-order chi connectivity index (χ1) is 8.67. The minimum atomic E-state index is 0.279. The zero-order chi connectivity index (χ0) is 12.3. The van der Waals surface area contributed by atoms with Gasteiger partial charge in [0.05, 0.1) is 5.69 Å². The van der Waals surface area contributed by atoms with Gasteiger partial charge in [-0.05, 0) is 44.9 Å². The number of fused-ring (bicyclic) bond motifs is 5. The van der Waals surface area contributed by atoms with E-state index in [-0.39, 0.29) is 5.41 Å². The van der Waals surface area contributed by atoms with Crippen molar-refractivity contribution in [2.24, 2.45) is 0 Å². The minimum Gasteiger partial charge on any atom is -0.291 e. The summed E-state index contributed by atoms with van der Waals surface area (Å²) in [5.74, 6) is 0. The molecule has 0 saturated carbocycles. The normalized spacial score (nSPS) is 21.9. The molecule has 2 aliphatic rings. The van der Waals surface area contributed by atoms with Crippen molar-refractivity contribution in [3.63, 3.8) is 0 Å². The van der Waals surface area contributed by atoms with Gasteiger partial charge >= 0.3 is 0 Å². The Morgan fingerprint density at radius 2 is 1.83 bits per heavy atom. The van der Waals surface area contributed by atoms with Crippen molar-refractivity contribution in [3.05, 3.63) is 22.0 Å². The van der Waals surface area contributed by atoms with Gasteiger partial charge in [-0.25, -0.2) is 4.98 Å². The maximum Gasteiger partial charge on any atom is 0.194 e. The number of aryl methyl sites for hydroxylation is 3. The number of thiazole rings is 1. The molecule has 2 aliphatic carbocycles. The zero-order valence-corrected chi connectivity index (χ0v) is 12.1. The molecule has 0 N–H and O–H groups in total. The van der Waals surface area contributed by atoms with Crippen LogP contribution in [0.5, 0.6) is 0 Å². The Bertz CT molecular complexity index is 618. The van der Waals surface area contributed by atoms with Crippen LogP contribution in [0.15, 0.2) is 0 Å². The second-order valence-electron chi connectivity index (χ2n) is 6.44. The van der Waals surface area contributed by atoms with E-state index in [2.05, 4.69) is 18.2 Å². The van der Waals surface area contributed by atoms with Crippen molar-refractivity contribution in [3.8, 4) is 0 Å². The van der Waals surface area contributed by atoms with E-state index in [1.54, 1.807) is 10.6 Å². The summed E-state index contributed by atoms with van der Waals surface area (Å²) in [5.41, 5.74) is 4.78. The summed E-state index contributed by atoms with van der Waals surface area (Å²) < 4.78 is 2.52. The van der Waals surface area contributed by atoms with Crippen LogP contribution >= 0.6 is 11.3 Å². The van der Waals surface area contributed by atoms with Gasteiger partial charge in [0.1, 0.15) is 0 Å². The fourth-order valence-electron chi connectivity index (χ4n) is 3.69. The lowest BCUT2D eigenvalue weighted by molar-refractivity contribution is 0.417. The van der Waals surface area contributed by atoms with E-state index < -0.39 is 0 Å². The molecule has 0 saturated heterocycles. The highest BCUT2D eigenvalue weighted by Gasteiger charge is 2.33. The second-order valence-corrected chi connectivity index (χ2v) is 7.50. The summed E-state index contributed by atoms with van der Waals surface area (Å²) in [5, 5.41) is 0. The fourth-order valence-corrected chi connectivity index (χ4v) is 4.91. The predicted molar refractivity (Wildman–Crippen MR) is 75.7 cm³/mol. The van der Waals surface area contributed by atoms with Crippen molar-refractivity contribution in [1.82, 2.24) is 9.38 Å². The minimum absolute atomic E-state index is 0.279. The van der Waals surface area contributed by atoms with E-state index in [4.69, 9.17) is 4.98 Å². The molecule has 0 aliphatic heterocycles. The average molecular weight is 260 g/mol. The molecule has 0 aromatic carbocycles. The number of nitrogens with zero attached hydrogens (tertiary/aromatic N) is 2. The van der Waals surface area contributed by atoms with E-state index in [9.17, 15) is 0 Å². The summed E-state index contributed by atoms with van der Waals surface area (Å²) >= 11 is 1.95. The third-order valence-corrected chi connectivity index (χ3v) is 5.81. The van der Waals surface area contributed by atoms with Crippen LogP contribution in [-0.2, 0) is 24.7 Å². The van der Waals surface area contributed by atoms with Crippen molar-refractivity contribution < 1.29 is 0 Å². The Labute approximate surface area is 112 Å². The molecule has 0 spiro atoms. The average Bonchev–Trinajstić information content (AvgIpc) is 2.85. The second kappa shape index (κ2) is 3.60. The van der Waals surface area contributed by atoms with Gasteiger partial charge in [0.2, 0.25) is 0 Å². The van der Waals surface area contributed by atoms with Gasteiger partial charge in [-0.1, -0.05) is 13.8 Å². The summed E-state index contributed by atoms with van der Waals surface area (Å²) in [6.45, 7) is 4.71. The molecule has 0 radical (unpaired) electrons.